The predicted molar refractivity (Wildman–Crippen MR) is 214 cm³/mol. The summed E-state index contributed by atoms with van der Waals surface area (Å²) in [6.07, 6.45) is 6.99. The Bertz CT molecular complexity index is 3650. The minimum absolute atomic E-state index is 0.475. The van der Waals surface area contributed by atoms with Gasteiger partial charge >= 0.3 is 0 Å². The van der Waals surface area contributed by atoms with E-state index in [1.807, 2.05) is 84.9 Å². The molecule has 10 heteroatoms. The van der Waals surface area contributed by atoms with E-state index in [1.165, 1.54) is 0 Å². The standard InChI is InChI=1S/C46H18N10/c47-17-23-5-7-35-29(11-23)31-13-25(19-49)15-33-37-41-42(54-40(28-4-2-10-52-22-28)39(53-41)27-3-1-9-51-21-27)38-34-16-26(20-50)14-32-30-12-24(18-48)6-8-36(30)56(44(32)34)46(38)45(37)55(35)43(31)33/h1-16,21-22H. The van der Waals surface area contributed by atoms with Gasteiger partial charge in [-0.25, -0.2) is 9.97 Å². The van der Waals surface area contributed by atoms with Crippen LogP contribution in [0.15, 0.2) is 110 Å². The van der Waals surface area contributed by atoms with Gasteiger partial charge < -0.3 is 8.80 Å². The summed E-state index contributed by atoms with van der Waals surface area (Å²) in [6, 6.07) is 35.9. The average Bonchev–Trinajstić information content (AvgIpc) is 3.99. The third kappa shape index (κ3) is 3.59. The summed E-state index contributed by atoms with van der Waals surface area (Å²) in [4.78, 5) is 20.0. The van der Waals surface area contributed by atoms with Gasteiger partial charge in [-0.15, -0.1) is 0 Å². The molecule has 0 aliphatic heterocycles. The summed E-state index contributed by atoms with van der Waals surface area (Å²) in [7, 11) is 0. The summed E-state index contributed by atoms with van der Waals surface area (Å²) in [5.41, 5.74) is 11.3. The molecule has 252 valence electrons. The minimum atomic E-state index is 0.475. The van der Waals surface area contributed by atoms with E-state index in [1.54, 1.807) is 24.8 Å². The maximum atomic E-state index is 10.4. The number of aromatic nitrogens is 6. The molecule has 0 aliphatic rings. The quantitative estimate of drug-likeness (QED) is 0.172. The molecule has 7 aromatic heterocycles. The van der Waals surface area contributed by atoms with Crippen LogP contribution in [0.1, 0.15) is 22.3 Å². The number of nitrogens with zero attached hydrogens (tertiary/aromatic N) is 10. The molecule has 12 aromatic rings. The van der Waals surface area contributed by atoms with Gasteiger partial charge in [0.25, 0.3) is 0 Å². The Morgan fingerprint density at radius 3 is 1.23 bits per heavy atom. The molecule has 0 bridgehead atoms. The molecule has 5 aromatic carbocycles. The molecule has 10 nitrogen and oxygen atoms in total. The molecule has 0 saturated heterocycles. The zero-order valence-electron chi connectivity index (χ0n) is 28.9. The van der Waals surface area contributed by atoms with Crippen molar-refractivity contribution in [2.45, 2.75) is 0 Å². The third-order valence-electron chi connectivity index (χ3n) is 11.2. The molecule has 0 spiro atoms. The first-order valence-electron chi connectivity index (χ1n) is 17.7. The number of fused-ring (bicyclic) bond motifs is 16. The number of nitriles is 4. The van der Waals surface area contributed by atoms with Crippen LogP contribution in [0.2, 0.25) is 0 Å². The highest BCUT2D eigenvalue weighted by Crippen LogP contribution is 2.50. The molecule has 0 saturated carbocycles. The first-order valence-corrected chi connectivity index (χ1v) is 17.7. The number of rotatable bonds is 2. The van der Waals surface area contributed by atoms with E-state index in [2.05, 4.69) is 43.0 Å². The topological polar surface area (TPSA) is 156 Å². The fourth-order valence-electron chi connectivity index (χ4n) is 9.01. The van der Waals surface area contributed by atoms with Gasteiger partial charge in [0.2, 0.25) is 0 Å². The summed E-state index contributed by atoms with van der Waals surface area (Å²) in [5, 5.41) is 47.4. The van der Waals surface area contributed by atoms with Gasteiger partial charge in [0.05, 0.1) is 91.0 Å². The Hall–Kier alpha value is -8.70. The Labute approximate surface area is 314 Å². The van der Waals surface area contributed by atoms with Gasteiger partial charge in [-0.1, -0.05) is 0 Å². The van der Waals surface area contributed by atoms with Gasteiger partial charge in [-0.2, -0.15) is 21.0 Å². The third-order valence-corrected chi connectivity index (χ3v) is 11.2. The number of hydrogen-bond donors (Lipinski definition) is 0. The molecule has 7 heterocycles. The lowest BCUT2D eigenvalue weighted by molar-refractivity contribution is 1.25. The van der Waals surface area contributed by atoms with Crippen molar-refractivity contribution in [1.29, 1.82) is 21.0 Å². The van der Waals surface area contributed by atoms with Crippen LogP contribution in [0.4, 0.5) is 0 Å². The molecular formula is C46H18N10. The zero-order chi connectivity index (χ0) is 37.4. The monoisotopic (exact) mass is 710 g/mol. The van der Waals surface area contributed by atoms with Crippen molar-refractivity contribution in [3.8, 4) is 46.8 Å². The molecule has 12 rings (SSSR count). The van der Waals surface area contributed by atoms with Crippen molar-refractivity contribution in [2.75, 3.05) is 0 Å². The second-order valence-electron chi connectivity index (χ2n) is 14.0. The lowest BCUT2D eigenvalue weighted by atomic mass is 9.99. The Morgan fingerprint density at radius 2 is 0.839 bits per heavy atom. The fraction of sp³-hybridized carbons (Fsp3) is 0. The van der Waals surface area contributed by atoms with Crippen LogP contribution in [0.3, 0.4) is 0 Å². The van der Waals surface area contributed by atoms with Crippen molar-refractivity contribution in [1.82, 2.24) is 28.7 Å². The van der Waals surface area contributed by atoms with E-state index in [0.29, 0.717) is 44.7 Å². The average molecular weight is 711 g/mol. The SMILES string of the molecule is N#Cc1ccc2c(c1)c1cc(C#N)cc3c4c5nc(-c6cccnc6)c(-c6cccnc6)nc5c5c6cc(C#N)cc7c8cc(C#N)ccc8n(c76)c5c4n2c13. The number of pyridine rings is 2. The second-order valence-corrected chi connectivity index (χ2v) is 14.0. The molecule has 0 fully saturated rings. The van der Waals surface area contributed by atoms with E-state index in [-0.39, 0.29) is 0 Å². The zero-order valence-corrected chi connectivity index (χ0v) is 28.9. The highest BCUT2D eigenvalue weighted by molar-refractivity contribution is 6.40. The summed E-state index contributed by atoms with van der Waals surface area (Å²) >= 11 is 0. The summed E-state index contributed by atoms with van der Waals surface area (Å²) < 4.78 is 4.46. The maximum absolute atomic E-state index is 10.4. The van der Waals surface area contributed by atoms with Crippen LogP contribution in [-0.2, 0) is 0 Å². The predicted octanol–water partition coefficient (Wildman–Crippen LogP) is 9.54. The van der Waals surface area contributed by atoms with E-state index in [0.717, 1.165) is 87.3 Å². The van der Waals surface area contributed by atoms with E-state index < -0.39 is 0 Å². The van der Waals surface area contributed by atoms with E-state index in [9.17, 15) is 21.0 Å². The van der Waals surface area contributed by atoms with Crippen molar-refractivity contribution < 1.29 is 0 Å². The summed E-state index contributed by atoms with van der Waals surface area (Å²) in [5.74, 6) is 0. The van der Waals surface area contributed by atoms with Crippen LogP contribution >= 0.6 is 0 Å². The lowest BCUT2D eigenvalue weighted by Crippen LogP contribution is -1.98. The van der Waals surface area contributed by atoms with Crippen LogP contribution in [0.25, 0.3) is 110 Å². The van der Waals surface area contributed by atoms with Crippen LogP contribution < -0.4 is 0 Å². The fourth-order valence-corrected chi connectivity index (χ4v) is 9.01. The van der Waals surface area contributed by atoms with Gasteiger partial charge in [-0.3, -0.25) is 9.97 Å². The van der Waals surface area contributed by atoms with Crippen molar-refractivity contribution >= 4 is 87.2 Å². The Balaban J connectivity index is 1.46. The normalized spacial score (nSPS) is 11.9. The van der Waals surface area contributed by atoms with Crippen LogP contribution in [0.5, 0.6) is 0 Å². The maximum Gasteiger partial charge on any atom is 0.100 e. The molecule has 0 aliphatic carbocycles. The molecular weight excluding hydrogens is 693 g/mol. The molecule has 0 N–H and O–H groups in total. The molecule has 0 unspecified atom stereocenters. The van der Waals surface area contributed by atoms with Gasteiger partial charge in [-0.05, 0) is 84.9 Å². The smallest absolute Gasteiger partial charge is 0.100 e. The molecule has 0 radical (unpaired) electrons. The van der Waals surface area contributed by atoms with Gasteiger partial charge in [0.1, 0.15) is 11.0 Å². The van der Waals surface area contributed by atoms with Crippen molar-refractivity contribution in [2.24, 2.45) is 0 Å². The van der Waals surface area contributed by atoms with Gasteiger partial charge in [0.15, 0.2) is 0 Å². The van der Waals surface area contributed by atoms with E-state index >= 15 is 0 Å². The van der Waals surface area contributed by atoms with Crippen molar-refractivity contribution in [3.05, 3.63) is 132 Å². The van der Waals surface area contributed by atoms with E-state index in [4.69, 9.17) is 9.97 Å². The molecule has 0 atom stereocenters. The largest absolute Gasteiger partial charge is 0.306 e. The molecule has 56 heavy (non-hydrogen) atoms. The van der Waals surface area contributed by atoms with Crippen LogP contribution in [0, 0.1) is 45.3 Å². The second kappa shape index (κ2) is 10.5. The highest BCUT2D eigenvalue weighted by atomic mass is 15.0. The molecule has 0 amide bonds. The minimum Gasteiger partial charge on any atom is -0.306 e. The number of benzene rings is 5. The van der Waals surface area contributed by atoms with Crippen molar-refractivity contribution in [3.63, 3.8) is 0 Å². The Kier molecular flexibility index (Phi) is 5.57. The van der Waals surface area contributed by atoms with Crippen LogP contribution in [-0.4, -0.2) is 28.7 Å². The first kappa shape index (κ1) is 29.8. The summed E-state index contributed by atoms with van der Waals surface area (Å²) in [6.45, 7) is 0. The first-order chi connectivity index (χ1) is 27.6. The number of hydrogen-bond acceptors (Lipinski definition) is 8. The Morgan fingerprint density at radius 1 is 0.429 bits per heavy atom. The van der Waals surface area contributed by atoms with Gasteiger partial charge in [0, 0.05) is 79.0 Å². The highest BCUT2D eigenvalue weighted by Gasteiger charge is 2.30. The lowest BCUT2D eigenvalue weighted by Gasteiger charge is -2.13.